The lowest BCUT2D eigenvalue weighted by atomic mass is 9.74. The predicted octanol–water partition coefficient (Wildman–Crippen LogP) is 2.52. The molecule has 12 heteroatoms. The molecule has 0 bridgehead atoms. The van der Waals surface area contributed by atoms with E-state index in [0.29, 0.717) is 17.5 Å². The molecule has 12 rings (SSSR count). The fourth-order valence-electron chi connectivity index (χ4n) is 10.3. The minimum absolute atomic E-state index is 0.607. The van der Waals surface area contributed by atoms with Gasteiger partial charge < -0.3 is 13.6 Å². The van der Waals surface area contributed by atoms with Crippen molar-refractivity contribution in [3.05, 3.63) is 152 Å². The van der Waals surface area contributed by atoms with Crippen LogP contribution in [0.5, 0.6) is 0 Å². The van der Waals surface area contributed by atoms with Gasteiger partial charge in [-0.25, -0.2) is 15.0 Å². The number of aromatic nitrogens is 5. The molecule has 0 fully saturated rings. The standard InChI is InChI=1S/C51H37B6N5O/c52-29-22-34-40-42(56)43(57)41-35-23-30(53)25-37(55)45(35)62(47(41)46(40)61(44(34)36(54)24-29)31-15-8-3-9-16-31)38-18-10-17-32-33-21-28(19-20-39(33)63-48(32)38)51-59-49(26-11-4-1-5-12-26)58-50(60-51)27-13-6-2-7-14-27/h1-25H,52-57H2. The zero-order valence-corrected chi connectivity index (χ0v) is 36.1. The van der Waals surface area contributed by atoms with Crippen LogP contribution in [0.15, 0.2) is 156 Å². The van der Waals surface area contributed by atoms with E-state index in [1.54, 1.807) is 0 Å². The van der Waals surface area contributed by atoms with Crippen molar-refractivity contribution >= 4 is 145 Å². The van der Waals surface area contributed by atoms with Crippen LogP contribution in [0, 0.1) is 0 Å². The highest BCUT2D eigenvalue weighted by Crippen LogP contribution is 2.42. The Morgan fingerprint density at radius 2 is 0.905 bits per heavy atom. The first-order chi connectivity index (χ1) is 30.7. The van der Waals surface area contributed by atoms with Crippen molar-refractivity contribution in [3.63, 3.8) is 0 Å². The minimum Gasteiger partial charge on any atom is -0.454 e. The van der Waals surface area contributed by atoms with Crippen LogP contribution in [0.25, 0.3) is 111 Å². The highest BCUT2D eigenvalue weighted by molar-refractivity contribution is 6.61. The number of rotatable bonds is 5. The Labute approximate surface area is 369 Å². The Morgan fingerprint density at radius 1 is 0.397 bits per heavy atom. The van der Waals surface area contributed by atoms with E-state index in [1.807, 2.05) is 60.7 Å². The first kappa shape index (κ1) is 37.3. The number of nitrogens with zero attached hydrogens (tertiary/aromatic N) is 5. The number of furan rings is 1. The Morgan fingerprint density at radius 3 is 1.48 bits per heavy atom. The number of hydrogen-bond acceptors (Lipinski definition) is 4. The second-order valence-electron chi connectivity index (χ2n) is 17.2. The first-order valence-electron chi connectivity index (χ1n) is 21.6. The Balaban J connectivity index is 1.18. The molecule has 4 heterocycles. The number of hydrogen-bond donors (Lipinski definition) is 0. The van der Waals surface area contributed by atoms with Crippen molar-refractivity contribution in [3.8, 4) is 45.5 Å². The molecule has 0 radical (unpaired) electrons. The van der Waals surface area contributed by atoms with Gasteiger partial charge in [-0.15, -0.1) is 0 Å². The number of benzene rings is 8. The summed E-state index contributed by atoms with van der Waals surface area (Å²) in [5, 5.41) is 7.10. The van der Waals surface area contributed by atoms with Gasteiger partial charge in [-0.05, 0) is 36.4 Å². The maximum absolute atomic E-state index is 7.04. The summed E-state index contributed by atoms with van der Waals surface area (Å²) in [6, 6.07) is 53.3. The topological polar surface area (TPSA) is 61.7 Å². The van der Waals surface area contributed by atoms with Gasteiger partial charge in [0.1, 0.15) is 52.7 Å². The van der Waals surface area contributed by atoms with Crippen molar-refractivity contribution < 1.29 is 4.42 Å². The summed E-state index contributed by atoms with van der Waals surface area (Å²) < 4.78 is 12.1. The van der Waals surface area contributed by atoms with Gasteiger partial charge in [0.15, 0.2) is 23.1 Å². The fraction of sp³-hybridized carbons (Fsp3) is 0. The maximum Gasteiger partial charge on any atom is 0.164 e. The van der Waals surface area contributed by atoms with Crippen LogP contribution in [0.4, 0.5) is 0 Å². The third kappa shape index (κ3) is 5.63. The van der Waals surface area contributed by atoms with Crippen LogP contribution in [-0.4, -0.2) is 71.2 Å². The van der Waals surface area contributed by atoms with E-state index in [9.17, 15) is 0 Å². The smallest absolute Gasteiger partial charge is 0.164 e. The summed E-state index contributed by atoms with van der Waals surface area (Å²) in [5.41, 5.74) is 18.9. The van der Waals surface area contributed by atoms with Gasteiger partial charge in [0.25, 0.3) is 0 Å². The predicted molar refractivity (Wildman–Crippen MR) is 281 cm³/mol. The SMILES string of the molecule is Bc1cc(B)c2c(c1)c1c(B)c(B)c3c4cc(B)cc(B)c4n(-c4cccc5c4oc4ccc(-c6nc(-c7ccccc7)nc(-c7ccccc7)n6)cc45)c3c1n2-c1ccccc1. The van der Waals surface area contributed by atoms with Crippen LogP contribution >= 0.6 is 0 Å². The van der Waals surface area contributed by atoms with Crippen molar-refractivity contribution in [2.24, 2.45) is 0 Å². The molecule has 0 amide bonds. The Kier molecular flexibility index (Phi) is 8.32. The molecule has 0 aliphatic rings. The van der Waals surface area contributed by atoms with Gasteiger partial charge in [0.05, 0.1) is 16.7 Å². The van der Waals surface area contributed by atoms with E-state index in [2.05, 4.69) is 147 Å². The second-order valence-corrected chi connectivity index (χ2v) is 17.2. The van der Waals surface area contributed by atoms with E-state index in [4.69, 9.17) is 19.4 Å². The van der Waals surface area contributed by atoms with Crippen LogP contribution in [0.2, 0.25) is 0 Å². The van der Waals surface area contributed by atoms with E-state index < -0.39 is 0 Å². The zero-order chi connectivity index (χ0) is 42.7. The molecule has 4 aromatic heterocycles. The molecule has 290 valence electrons. The normalized spacial score (nSPS) is 11.9. The zero-order valence-electron chi connectivity index (χ0n) is 36.1. The molecule has 0 aliphatic heterocycles. The van der Waals surface area contributed by atoms with Crippen molar-refractivity contribution in [2.75, 3.05) is 0 Å². The van der Waals surface area contributed by atoms with E-state index in [1.165, 1.54) is 76.4 Å². The van der Waals surface area contributed by atoms with Gasteiger partial charge in [0, 0.05) is 65.7 Å². The highest BCUT2D eigenvalue weighted by atomic mass is 16.3. The van der Waals surface area contributed by atoms with Crippen LogP contribution in [0.3, 0.4) is 0 Å². The average molecular weight is 801 g/mol. The highest BCUT2D eigenvalue weighted by Gasteiger charge is 2.27. The molecule has 12 aromatic rings. The quantitative estimate of drug-likeness (QED) is 0.252. The van der Waals surface area contributed by atoms with Crippen LogP contribution in [-0.2, 0) is 0 Å². The van der Waals surface area contributed by atoms with E-state index >= 15 is 0 Å². The summed E-state index contributed by atoms with van der Waals surface area (Å²) in [6.07, 6.45) is 0. The van der Waals surface area contributed by atoms with E-state index in [0.717, 1.165) is 50.0 Å². The molecule has 0 saturated heterocycles. The van der Waals surface area contributed by atoms with Gasteiger partial charge >= 0.3 is 0 Å². The summed E-state index contributed by atoms with van der Waals surface area (Å²) in [4.78, 5) is 15.1. The van der Waals surface area contributed by atoms with Gasteiger partial charge in [-0.3, -0.25) is 0 Å². The van der Waals surface area contributed by atoms with Crippen molar-refractivity contribution in [1.29, 1.82) is 0 Å². The monoisotopic (exact) mass is 801 g/mol. The number of para-hydroxylation sites is 2. The molecular weight excluding hydrogens is 763 g/mol. The summed E-state index contributed by atoms with van der Waals surface area (Å²) in [5.74, 6) is 1.87. The lowest BCUT2D eigenvalue weighted by molar-refractivity contribution is 0.666. The van der Waals surface area contributed by atoms with Crippen molar-refractivity contribution in [1.82, 2.24) is 24.1 Å². The summed E-state index contributed by atoms with van der Waals surface area (Å²) >= 11 is 0. The molecule has 0 N–H and O–H groups in total. The molecular formula is C51H37B6N5O. The third-order valence-electron chi connectivity index (χ3n) is 13.0. The van der Waals surface area contributed by atoms with Crippen LogP contribution in [0.1, 0.15) is 0 Å². The Hall–Kier alpha value is -7.44. The van der Waals surface area contributed by atoms with Gasteiger partial charge in [-0.2, -0.15) is 0 Å². The third-order valence-corrected chi connectivity index (χ3v) is 13.0. The maximum atomic E-state index is 7.04. The fourth-order valence-corrected chi connectivity index (χ4v) is 10.3. The summed E-state index contributed by atoms with van der Waals surface area (Å²) in [6.45, 7) is 0. The van der Waals surface area contributed by atoms with Gasteiger partial charge in [0.2, 0.25) is 0 Å². The molecule has 0 unspecified atom stereocenters. The Bertz CT molecular complexity index is 3810. The largest absolute Gasteiger partial charge is 0.454 e. The lowest BCUT2D eigenvalue weighted by Crippen LogP contribution is -2.27. The lowest BCUT2D eigenvalue weighted by Gasteiger charge is -2.15. The second kappa shape index (κ2) is 14.0. The molecule has 0 spiro atoms. The van der Waals surface area contributed by atoms with E-state index in [-0.39, 0.29) is 0 Å². The molecule has 63 heavy (non-hydrogen) atoms. The molecule has 8 aromatic carbocycles. The summed E-state index contributed by atoms with van der Waals surface area (Å²) in [7, 11) is 13.5. The molecule has 0 saturated carbocycles. The minimum atomic E-state index is 0.607. The molecule has 0 aliphatic carbocycles. The molecule has 6 nitrogen and oxygen atoms in total. The van der Waals surface area contributed by atoms with Gasteiger partial charge in [-0.1, -0.05) is 148 Å². The van der Waals surface area contributed by atoms with Crippen molar-refractivity contribution in [2.45, 2.75) is 0 Å². The average Bonchev–Trinajstić information content (AvgIpc) is 3.97. The molecule has 0 atom stereocenters. The first-order valence-corrected chi connectivity index (χ1v) is 21.6. The van der Waals surface area contributed by atoms with Crippen LogP contribution < -0.4 is 32.8 Å². The number of fused-ring (bicyclic) bond motifs is 10.